The van der Waals surface area contributed by atoms with Crippen molar-refractivity contribution in [2.45, 2.75) is 315 Å². The molecule has 9 nitrogen and oxygen atoms in total. The first kappa shape index (κ1) is 84.9. The van der Waals surface area contributed by atoms with Crippen molar-refractivity contribution in [2.75, 3.05) is 26.4 Å². The van der Waals surface area contributed by atoms with Crippen LogP contribution in [0.25, 0.3) is 0 Å². The predicted molar refractivity (Wildman–Crippen MR) is 385 cm³/mol. The maximum Gasteiger partial charge on any atom is 0.472 e. The molecule has 3 N–H and O–H groups in total. The average molecular weight is 1260 g/mol. The second-order valence-corrected chi connectivity index (χ2v) is 25.2. The Morgan fingerprint density at radius 2 is 0.618 bits per heavy atom. The number of phosphoric ester groups is 1. The molecule has 508 valence electrons. The monoisotopic (exact) mass is 1260 g/mol. The standard InChI is InChI=1S/C79H134NO8P/c1-3-5-7-9-11-13-15-17-19-21-23-25-27-29-31-33-35-37-38-40-41-43-45-47-49-51-53-55-57-59-61-63-65-67-69-71-78(81)85-75-77(76-87-89(83,84)86-74-73-80)88-79(82)72-70-68-66-64-62-60-58-56-54-52-50-48-46-44-42-39-36-34-32-30-28-26-24-22-20-18-16-14-12-10-8-6-4-2/h6,8,12,14-15,17-18,20-21,23-24,26,30,32,36,39,44,46,50,52,56,58,62,64,77H,3-5,7,9-11,13,16,19,22,25,27-29,31,33-35,37-38,40-43,45,47-49,51,53-55,57,59-61,63,65-76,80H2,1-2H3,(H,83,84)/b8-6-,14-12-,17-15-,20-18-,23-21-,26-24-,32-30-,39-36-,46-44-,52-50-,58-56-,64-62-. The highest BCUT2D eigenvalue weighted by Gasteiger charge is 2.26. The highest BCUT2D eigenvalue weighted by molar-refractivity contribution is 7.47. The summed E-state index contributed by atoms with van der Waals surface area (Å²) in [7, 11) is -4.42. The fraction of sp³-hybridized carbons (Fsp3) is 0.671. The smallest absolute Gasteiger partial charge is 0.462 e. The van der Waals surface area contributed by atoms with Gasteiger partial charge in [0.25, 0.3) is 0 Å². The molecule has 2 atom stereocenters. The molecule has 0 aliphatic carbocycles. The third kappa shape index (κ3) is 72.8. The molecule has 0 saturated heterocycles. The third-order valence-electron chi connectivity index (χ3n) is 15.2. The quantitative estimate of drug-likeness (QED) is 0.0264. The number of ether oxygens (including phenoxy) is 2. The molecule has 0 saturated carbocycles. The van der Waals surface area contributed by atoms with Crippen LogP contribution >= 0.6 is 7.82 Å². The van der Waals surface area contributed by atoms with E-state index in [9.17, 15) is 19.0 Å². The lowest BCUT2D eigenvalue weighted by molar-refractivity contribution is -0.161. The van der Waals surface area contributed by atoms with Crippen molar-refractivity contribution in [3.63, 3.8) is 0 Å². The van der Waals surface area contributed by atoms with Gasteiger partial charge in [-0.1, -0.05) is 320 Å². The number of hydrogen-bond acceptors (Lipinski definition) is 8. The lowest BCUT2D eigenvalue weighted by Crippen LogP contribution is -2.29. The third-order valence-corrected chi connectivity index (χ3v) is 16.2. The van der Waals surface area contributed by atoms with Crippen molar-refractivity contribution in [2.24, 2.45) is 5.73 Å². The van der Waals surface area contributed by atoms with E-state index in [1.165, 1.54) is 173 Å². The fourth-order valence-corrected chi connectivity index (χ4v) is 10.6. The van der Waals surface area contributed by atoms with E-state index >= 15 is 0 Å². The van der Waals surface area contributed by atoms with Crippen LogP contribution in [0.2, 0.25) is 0 Å². The summed E-state index contributed by atoms with van der Waals surface area (Å²) in [5, 5.41) is 0. The minimum Gasteiger partial charge on any atom is -0.462 e. The van der Waals surface area contributed by atoms with E-state index in [-0.39, 0.29) is 32.6 Å². The molecule has 0 aromatic heterocycles. The molecule has 0 spiro atoms. The summed E-state index contributed by atoms with van der Waals surface area (Å²) in [6.07, 6.45) is 105. The molecule has 2 unspecified atom stereocenters. The van der Waals surface area contributed by atoms with Crippen LogP contribution in [0.5, 0.6) is 0 Å². The van der Waals surface area contributed by atoms with Crippen molar-refractivity contribution in [1.29, 1.82) is 0 Å². The number of allylic oxidation sites excluding steroid dienone is 24. The van der Waals surface area contributed by atoms with Gasteiger partial charge in [-0.2, -0.15) is 0 Å². The van der Waals surface area contributed by atoms with E-state index < -0.39 is 32.5 Å². The molecule has 0 radical (unpaired) electrons. The van der Waals surface area contributed by atoms with Crippen molar-refractivity contribution in [1.82, 2.24) is 0 Å². The van der Waals surface area contributed by atoms with Gasteiger partial charge >= 0.3 is 19.8 Å². The van der Waals surface area contributed by atoms with E-state index in [2.05, 4.69) is 160 Å². The molecule has 0 aromatic carbocycles. The maximum atomic E-state index is 12.8. The van der Waals surface area contributed by atoms with E-state index in [1.807, 2.05) is 0 Å². The maximum absolute atomic E-state index is 12.8. The number of rotatable bonds is 67. The molecule has 89 heavy (non-hydrogen) atoms. The first-order valence-corrected chi connectivity index (χ1v) is 37.8. The Bertz CT molecular complexity index is 1970. The second kappa shape index (κ2) is 72.9. The molecule has 0 heterocycles. The summed E-state index contributed by atoms with van der Waals surface area (Å²) in [4.78, 5) is 35.4. The topological polar surface area (TPSA) is 134 Å². The summed E-state index contributed by atoms with van der Waals surface area (Å²) < 4.78 is 33.1. The van der Waals surface area contributed by atoms with E-state index in [4.69, 9.17) is 24.3 Å². The van der Waals surface area contributed by atoms with Gasteiger partial charge in [0.05, 0.1) is 13.2 Å². The van der Waals surface area contributed by atoms with Crippen LogP contribution in [-0.4, -0.2) is 49.3 Å². The lowest BCUT2D eigenvalue weighted by Gasteiger charge is -2.19. The highest BCUT2D eigenvalue weighted by Crippen LogP contribution is 2.43. The van der Waals surface area contributed by atoms with Gasteiger partial charge in [-0.3, -0.25) is 18.6 Å². The molecule has 0 bridgehead atoms. The largest absolute Gasteiger partial charge is 0.472 e. The lowest BCUT2D eigenvalue weighted by atomic mass is 10.0. The molecule has 0 rings (SSSR count). The van der Waals surface area contributed by atoms with Gasteiger partial charge in [0.1, 0.15) is 6.61 Å². The molecule has 0 aromatic rings. The Balaban J connectivity index is 3.96. The van der Waals surface area contributed by atoms with Crippen molar-refractivity contribution in [3.8, 4) is 0 Å². The summed E-state index contributed by atoms with van der Waals surface area (Å²) in [6, 6.07) is 0. The van der Waals surface area contributed by atoms with E-state index in [0.29, 0.717) is 6.42 Å². The number of phosphoric acid groups is 1. The number of carbonyl (C=O) groups is 2. The zero-order valence-electron chi connectivity index (χ0n) is 57.1. The first-order valence-electron chi connectivity index (χ1n) is 36.3. The minimum atomic E-state index is -4.42. The van der Waals surface area contributed by atoms with Crippen molar-refractivity contribution in [3.05, 3.63) is 146 Å². The normalized spacial score (nSPS) is 13.8. The van der Waals surface area contributed by atoms with Crippen LogP contribution in [0.3, 0.4) is 0 Å². The molecule has 10 heteroatoms. The first-order chi connectivity index (χ1) is 43.8. The van der Waals surface area contributed by atoms with Gasteiger partial charge in [-0.15, -0.1) is 0 Å². The summed E-state index contributed by atoms with van der Waals surface area (Å²) in [6.45, 7) is 3.58. The molecular weight excluding hydrogens is 1120 g/mol. The van der Waals surface area contributed by atoms with E-state index in [0.717, 1.165) is 103 Å². The Kier molecular flexibility index (Phi) is 69.6. The van der Waals surface area contributed by atoms with Crippen molar-refractivity contribution >= 4 is 19.8 Å². The highest BCUT2D eigenvalue weighted by atomic mass is 31.2. The number of carbonyl (C=O) groups excluding carboxylic acids is 2. The number of hydrogen-bond donors (Lipinski definition) is 2. The Morgan fingerprint density at radius 3 is 0.944 bits per heavy atom. The van der Waals surface area contributed by atoms with Gasteiger partial charge in [0, 0.05) is 19.4 Å². The Morgan fingerprint density at radius 1 is 0.348 bits per heavy atom. The Labute approximate surface area is 547 Å². The minimum absolute atomic E-state index is 0.0398. The summed E-state index contributed by atoms with van der Waals surface area (Å²) in [5.74, 6) is -0.879. The van der Waals surface area contributed by atoms with Crippen molar-refractivity contribution < 1.29 is 37.6 Å². The SMILES string of the molecule is CC/C=C\C/C=C\C/C=C\C/C=C\C/C=C\C/C=C\C/C=C\C/C=C\C/C=C\C/C=C\CCCCC(=O)OC(COC(=O)CCCCCCCCCCCCCCCCCCCCCCCCC/C=C\C/C=C\CCCCCCC)COP(=O)(O)OCCN. The molecular formula is C79H134NO8P. The van der Waals surface area contributed by atoms with Crippen LogP contribution in [0.15, 0.2) is 146 Å². The van der Waals surface area contributed by atoms with Crippen LogP contribution in [-0.2, 0) is 32.7 Å². The number of unbranched alkanes of at least 4 members (excludes halogenated alkanes) is 30. The van der Waals surface area contributed by atoms with E-state index in [1.54, 1.807) is 0 Å². The molecule has 0 aliphatic rings. The van der Waals surface area contributed by atoms with Crippen LogP contribution < -0.4 is 5.73 Å². The zero-order chi connectivity index (χ0) is 64.4. The average Bonchev–Trinajstić information content (AvgIpc) is 3.58. The fourth-order valence-electron chi connectivity index (χ4n) is 9.87. The molecule has 0 amide bonds. The molecule has 0 aliphatic heterocycles. The van der Waals surface area contributed by atoms with Crippen LogP contribution in [0, 0.1) is 0 Å². The molecule has 0 fully saturated rings. The number of nitrogens with two attached hydrogens (primary N) is 1. The second-order valence-electron chi connectivity index (χ2n) is 23.7. The van der Waals surface area contributed by atoms with Gasteiger partial charge in [0.15, 0.2) is 6.10 Å². The van der Waals surface area contributed by atoms with Gasteiger partial charge in [-0.05, 0) is 122 Å². The zero-order valence-corrected chi connectivity index (χ0v) is 58.0. The van der Waals surface area contributed by atoms with Gasteiger partial charge in [-0.25, -0.2) is 4.57 Å². The van der Waals surface area contributed by atoms with Gasteiger partial charge in [0.2, 0.25) is 0 Å². The number of esters is 2. The van der Waals surface area contributed by atoms with Gasteiger partial charge < -0.3 is 20.1 Å². The summed E-state index contributed by atoms with van der Waals surface area (Å²) >= 11 is 0. The van der Waals surface area contributed by atoms with Crippen LogP contribution in [0.4, 0.5) is 0 Å². The van der Waals surface area contributed by atoms with Crippen LogP contribution in [0.1, 0.15) is 309 Å². The predicted octanol–water partition coefficient (Wildman–Crippen LogP) is 24.2. The Hall–Kier alpha value is -4.11. The summed E-state index contributed by atoms with van der Waals surface area (Å²) in [5.41, 5.74) is 5.40.